The second-order valence-electron chi connectivity index (χ2n) is 5.76. The molecule has 1 unspecified atom stereocenters. The Hall–Kier alpha value is -2.55. The van der Waals surface area contributed by atoms with Crippen molar-refractivity contribution in [2.45, 2.75) is 18.9 Å². The summed E-state index contributed by atoms with van der Waals surface area (Å²) in [6.45, 7) is 0.902. The third kappa shape index (κ3) is 4.54. The van der Waals surface area contributed by atoms with Gasteiger partial charge in [-0.3, -0.25) is 9.59 Å². The molecule has 1 heterocycles. The highest BCUT2D eigenvalue weighted by molar-refractivity contribution is 5.99. The highest BCUT2D eigenvalue weighted by Crippen LogP contribution is 2.20. The predicted molar refractivity (Wildman–Crippen MR) is 87.0 cm³/mol. The van der Waals surface area contributed by atoms with Gasteiger partial charge in [0, 0.05) is 25.6 Å². The lowest BCUT2D eigenvalue weighted by molar-refractivity contribution is -0.0278. The Balaban J connectivity index is 2.02. The molecule has 1 atom stereocenters. The number of halogens is 2. The van der Waals surface area contributed by atoms with Crippen LogP contribution in [0.3, 0.4) is 0 Å². The maximum atomic E-state index is 14.1. The Morgan fingerprint density at radius 3 is 2.54 bits per heavy atom. The van der Waals surface area contributed by atoms with E-state index in [1.807, 2.05) is 0 Å². The van der Waals surface area contributed by atoms with Gasteiger partial charge in [-0.05, 0) is 18.6 Å². The lowest BCUT2D eigenvalue weighted by atomic mass is 10.0. The van der Waals surface area contributed by atoms with E-state index in [1.165, 1.54) is 19.1 Å². The van der Waals surface area contributed by atoms with Crippen molar-refractivity contribution in [1.29, 1.82) is 0 Å². The number of nitrogens with one attached hydrogen (secondary N) is 1. The molecular formula is C17H20F2N2O5. The van der Waals surface area contributed by atoms with E-state index in [4.69, 9.17) is 4.74 Å². The lowest BCUT2D eigenvalue weighted by Crippen LogP contribution is -2.45. The number of ketones is 1. The van der Waals surface area contributed by atoms with Gasteiger partial charge in [-0.2, -0.15) is 0 Å². The minimum absolute atomic E-state index is 0.160. The first-order valence-electron chi connectivity index (χ1n) is 8.06. The van der Waals surface area contributed by atoms with Crippen LogP contribution in [-0.4, -0.2) is 62.6 Å². The van der Waals surface area contributed by atoms with E-state index >= 15 is 0 Å². The van der Waals surface area contributed by atoms with E-state index in [0.717, 1.165) is 12.1 Å². The van der Waals surface area contributed by atoms with E-state index < -0.39 is 41.1 Å². The molecule has 1 aliphatic heterocycles. The fraction of sp³-hybridized carbons (Fsp3) is 0.471. The smallest absolute Gasteiger partial charge is 0.409 e. The topological polar surface area (TPSA) is 84.9 Å². The van der Waals surface area contributed by atoms with Crippen LogP contribution in [-0.2, 0) is 9.47 Å². The van der Waals surface area contributed by atoms with Gasteiger partial charge in [-0.1, -0.05) is 0 Å². The van der Waals surface area contributed by atoms with E-state index in [0.29, 0.717) is 6.54 Å². The minimum Gasteiger partial charge on any atom is -0.453 e. The first-order valence-corrected chi connectivity index (χ1v) is 8.06. The van der Waals surface area contributed by atoms with Gasteiger partial charge in [0.2, 0.25) is 0 Å². The summed E-state index contributed by atoms with van der Waals surface area (Å²) in [6.07, 6.45) is -0.885. The number of hydrogen-bond acceptors (Lipinski definition) is 5. The van der Waals surface area contributed by atoms with Crippen LogP contribution in [0.4, 0.5) is 13.6 Å². The van der Waals surface area contributed by atoms with Crippen molar-refractivity contribution in [2.24, 2.45) is 0 Å². The second-order valence-corrected chi connectivity index (χ2v) is 5.76. The molecule has 26 heavy (non-hydrogen) atoms. The number of morpholine rings is 1. The number of carbonyl (C=O) groups is 3. The lowest BCUT2D eigenvalue weighted by Gasteiger charge is -2.31. The molecule has 1 aliphatic rings. The van der Waals surface area contributed by atoms with Crippen molar-refractivity contribution in [3.05, 3.63) is 34.9 Å². The second kappa shape index (κ2) is 8.70. The summed E-state index contributed by atoms with van der Waals surface area (Å²) in [6, 6.07) is 1.65. The average Bonchev–Trinajstić information content (AvgIpc) is 2.64. The van der Waals surface area contributed by atoms with E-state index in [1.54, 1.807) is 0 Å². The molecule has 1 aromatic carbocycles. The molecule has 0 aliphatic carbocycles. The van der Waals surface area contributed by atoms with Crippen LogP contribution in [0, 0.1) is 11.6 Å². The van der Waals surface area contributed by atoms with Crippen molar-refractivity contribution in [3.8, 4) is 0 Å². The SMILES string of the molecule is CNC(=O)c1cc(F)c(C(=O)CCC2CN(C(=O)OC)CCO2)c(F)c1. The number of rotatable bonds is 5. The zero-order chi connectivity index (χ0) is 19.3. The normalized spacial score (nSPS) is 16.9. The monoisotopic (exact) mass is 370 g/mol. The number of carbonyl (C=O) groups excluding carboxylic acids is 3. The largest absolute Gasteiger partial charge is 0.453 e. The van der Waals surface area contributed by atoms with Gasteiger partial charge in [-0.25, -0.2) is 13.6 Å². The van der Waals surface area contributed by atoms with Crippen LogP contribution in [0.5, 0.6) is 0 Å². The molecule has 0 radical (unpaired) electrons. The molecule has 1 aromatic rings. The van der Waals surface area contributed by atoms with Crippen molar-refractivity contribution in [1.82, 2.24) is 10.2 Å². The predicted octanol–water partition coefficient (Wildman–Crippen LogP) is 1.75. The highest BCUT2D eigenvalue weighted by atomic mass is 19.1. The van der Waals surface area contributed by atoms with Crippen LogP contribution in [0.1, 0.15) is 33.6 Å². The fourth-order valence-corrected chi connectivity index (χ4v) is 2.72. The van der Waals surface area contributed by atoms with E-state index in [9.17, 15) is 23.2 Å². The number of amides is 2. The summed E-state index contributed by atoms with van der Waals surface area (Å²) >= 11 is 0. The summed E-state index contributed by atoms with van der Waals surface area (Å²) in [5, 5.41) is 2.25. The van der Waals surface area contributed by atoms with Crippen LogP contribution in [0.15, 0.2) is 12.1 Å². The molecule has 1 N–H and O–H groups in total. The minimum atomic E-state index is -1.09. The molecule has 9 heteroatoms. The van der Waals surface area contributed by atoms with Gasteiger partial charge in [0.25, 0.3) is 5.91 Å². The number of hydrogen-bond donors (Lipinski definition) is 1. The third-order valence-corrected chi connectivity index (χ3v) is 4.08. The molecule has 142 valence electrons. The van der Waals surface area contributed by atoms with Crippen LogP contribution < -0.4 is 5.32 Å². The van der Waals surface area contributed by atoms with Crippen LogP contribution >= 0.6 is 0 Å². The van der Waals surface area contributed by atoms with Gasteiger partial charge in [-0.15, -0.1) is 0 Å². The van der Waals surface area contributed by atoms with Gasteiger partial charge in [0.15, 0.2) is 5.78 Å². The molecule has 7 nitrogen and oxygen atoms in total. The van der Waals surface area contributed by atoms with Crippen LogP contribution in [0.25, 0.3) is 0 Å². The molecule has 1 fully saturated rings. The summed E-state index contributed by atoms with van der Waals surface area (Å²) in [5.41, 5.74) is -0.887. The van der Waals surface area contributed by atoms with Crippen molar-refractivity contribution in [3.63, 3.8) is 0 Å². The first-order chi connectivity index (χ1) is 12.4. The standard InChI is InChI=1S/C17H20F2N2O5/c1-20-16(23)10-7-12(18)15(13(19)8-10)14(22)4-3-11-9-21(5-6-26-11)17(24)25-2/h7-8,11H,3-6,9H2,1-2H3,(H,20,23). The molecular weight excluding hydrogens is 350 g/mol. The van der Waals surface area contributed by atoms with Crippen molar-refractivity contribution in [2.75, 3.05) is 33.9 Å². The summed E-state index contributed by atoms with van der Waals surface area (Å²) in [7, 11) is 2.60. The summed E-state index contributed by atoms with van der Waals surface area (Å²) in [4.78, 5) is 36.6. The maximum absolute atomic E-state index is 14.1. The van der Waals surface area contributed by atoms with Gasteiger partial charge in [0.05, 0.1) is 31.9 Å². The molecule has 2 amide bonds. The fourth-order valence-electron chi connectivity index (χ4n) is 2.72. The Kier molecular flexibility index (Phi) is 6.62. The summed E-state index contributed by atoms with van der Waals surface area (Å²) in [5.74, 6) is -3.56. The molecule has 0 saturated carbocycles. The molecule has 1 saturated heterocycles. The van der Waals surface area contributed by atoms with Crippen molar-refractivity contribution < 1.29 is 32.6 Å². The van der Waals surface area contributed by atoms with Crippen molar-refractivity contribution >= 4 is 17.8 Å². The third-order valence-electron chi connectivity index (χ3n) is 4.08. The number of ether oxygens (including phenoxy) is 2. The zero-order valence-electron chi connectivity index (χ0n) is 14.5. The number of nitrogens with zero attached hydrogens (tertiary/aromatic N) is 1. The zero-order valence-corrected chi connectivity index (χ0v) is 14.5. The Labute approximate surface area is 149 Å². The Morgan fingerprint density at radius 2 is 1.96 bits per heavy atom. The molecule has 0 aromatic heterocycles. The number of Topliss-reactive ketones (excluding diaryl/α,β-unsaturated/α-hetero) is 1. The molecule has 0 spiro atoms. The van der Waals surface area contributed by atoms with E-state index in [-0.39, 0.29) is 31.6 Å². The molecule has 2 rings (SSSR count). The Bertz CT molecular complexity index is 687. The average molecular weight is 370 g/mol. The van der Waals surface area contributed by atoms with Gasteiger partial charge >= 0.3 is 6.09 Å². The highest BCUT2D eigenvalue weighted by Gasteiger charge is 2.26. The van der Waals surface area contributed by atoms with Gasteiger partial charge in [0.1, 0.15) is 11.6 Å². The first kappa shape index (κ1) is 19.8. The van der Waals surface area contributed by atoms with E-state index in [2.05, 4.69) is 10.1 Å². The van der Waals surface area contributed by atoms with Crippen LogP contribution in [0.2, 0.25) is 0 Å². The van der Waals surface area contributed by atoms with Gasteiger partial charge < -0.3 is 19.7 Å². The Morgan fingerprint density at radius 1 is 1.31 bits per heavy atom. The quantitative estimate of drug-likeness (QED) is 0.799. The summed E-state index contributed by atoms with van der Waals surface area (Å²) < 4.78 is 38.3. The number of benzene rings is 1. The number of methoxy groups -OCH3 is 1. The molecule has 0 bridgehead atoms. The maximum Gasteiger partial charge on any atom is 0.409 e.